The van der Waals surface area contributed by atoms with E-state index in [-0.39, 0.29) is 23.6 Å². The van der Waals surface area contributed by atoms with Gasteiger partial charge >= 0.3 is 5.97 Å². The van der Waals surface area contributed by atoms with Crippen LogP contribution in [0.2, 0.25) is 0 Å². The number of hydrogen-bond acceptors (Lipinski definition) is 4. The SMILES string of the molecule is CCn1nc(C)c(N)c1C(=O)OCc1cc(Br)ccc1F. The number of carbonyl (C=O) groups is 1. The zero-order chi connectivity index (χ0) is 15.6. The van der Waals surface area contributed by atoms with Crippen LogP contribution >= 0.6 is 15.9 Å². The van der Waals surface area contributed by atoms with Crippen molar-refractivity contribution in [1.29, 1.82) is 0 Å². The van der Waals surface area contributed by atoms with E-state index < -0.39 is 11.8 Å². The van der Waals surface area contributed by atoms with Gasteiger partial charge in [0.1, 0.15) is 12.4 Å². The van der Waals surface area contributed by atoms with Crippen LogP contribution in [0.4, 0.5) is 10.1 Å². The number of benzene rings is 1. The molecule has 7 heteroatoms. The van der Waals surface area contributed by atoms with Gasteiger partial charge in [0.05, 0.1) is 11.4 Å². The molecule has 0 radical (unpaired) electrons. The zero-order valence-corrected chi connectivity index (χ0v) is 13.3. The normalized spacial score (nSPS) is 10.7. The highest BCUT2D eigenvalue weighted by Crippen LogP contribution is 2.20. The van der Waals surface area contributed by atoms with Crippen molar-refractivity contribution in [3.05, 3.63) is 45.4 Å². The summed E-state index contributed by atoms with van der Waals surface area (Å²) in [5.74, 6) is -1.05. The molecule has 1 aromatic carbocycles. The molecular formula is C14H15BrFN3O2. The highest BCUT2D eigenvalue weighted by Gasteiger charge is 2.21. The molecule has 2 N–H and O–H groups in total. The number of anilines is 1. The van der Waals surface area contributed by atoms with Gasteiger partial charge in [-0.25, -0.2) is 9.18 Å². The average molecular weight is 356 g/mol. The maximum Gasteiger partial charge on any atom is 0.359 e. The third kappa shape index (κ3) is 3.24. The molecule has 2 rings (SSSR count). The minimum absolute atomic E-state index is 0.169. The highest BCUT2D eigenvalue weighted by atomic mass is 79.9. The van der Waals surface area contributed by atoms with Crippen LogP contribution in [0.3, 0.4) is 0 Å². The number of rotatable bonds is 4. The van der Waals surface area contributed by atoms with Gasteiger partial charge in [-0.3, -0.25) is 4.68 Å². The fraction of sp³-hybridized carbons (Fsp3) is 0.286. The van der Waals surface area contributed by atoms with Crippen molar-refractivity contribution >= 4 is 27.6 Å². The lowest BCUT2D eigenvalue weighted by atomic mass is 10.2. The molecule has 0 spiro atoms. The van der Waals surface area contributed by atoms with Crippen molar-refractivity contribution in [2.75, 3.05) is 5.73 Å². The molecule has 0 aliphatic carbocycles. The maximum atomic E-state index is 13.6. The minimum Gasteiger partial charge on any atom is -0.456 e. The summed E-state index contributed by atoms with van der Waals surface area (Å²) in [7, 11) is 0. The first kappa shape index (κ1) is 15.5. The molecule has 1 aromatic heterocycles. The van der Waals surface area contributed by atoms with Gasteiger partial charge in [0.25, 0.3) is 0 Å². The second-order valence-corrected chi connectivity index (χ2v) is 5.39. The van der Waals surface area contributed by atoms with E-state index in [1.54, 1.807) is 19.1 Å². The molecular weight excluding hydrogens is 341 g/mol. The van der Waals surface area contributed by atoms with Gasteiger partial charge in [-0.05, 0) is 32.0 Å². The van der Waals surface area contributed by atoms with Gasteiger partial charge in [0.2, 0.25) is 0 Å². The molecule has 0 saturated heterocycles. The molecule has 0 bridgehead atoms. The van der Waals surface area contributed by atoms with Crippen LogP contribution in [0.1, 0.15) is 28.7 Å². The summed E-state index contributed by atoms with van der Waals surface area (Å²) in [6, 6.07) is 4.45. The fourth-order valence-corrected chi connectivity index (χ4v) is 2.31. The lowest BCUT2D eigenvalue weighted by Gasteiger charge is -2.08. The van der Waals surface area contributed by atoms with Gasteiger partial charge in [0, 0.05) is 16.6 Å². The smallest absolute Gasteiger partial charge is 0.359 e. The van der Waals surface area contributed by atoms with E-state index in [1.807, 2.05) is 6.92 Å². The monoisotopic (exact) mass is 355 g/mol. The van der Waals surface area contributed by atoms with Gasteiger partial charge in [0.15, 0.2) is 5.69 Å². The molecule has 112 valence electrons. The van der Waals surface area contributed by atoms with E-state index in [9.17, 15) is 9.18 Å². The molecule has 5 nitrogen and oxygen atoms in total. The number of nitrogens with zero attached hydrogens (tertiary/aromatic N) is 2. The summed E-state index contributed by atoms with van der Waals surface area (Å²) < 4.78 is 20.9. The Morgan fingerprint density at radius 3 is 2.90 bits per heavy atom. The number of halogens is 2. The van der Waals surface area contributed by atoms with E-state index in [1.165, 1.54) is 10.7 Å². The first-order valence-corrected chi connectivity index (χ1v) is 7.17. The molecule has 0 aliphatic rings. The van der Waals surface area contributed by atoms with E-state index >= 15 is 0 Å². The van der Waals surface area contributed by atoms with Crippen molar-refractivity contribution in [3.8, 4) is 0 Å². The van der Waals surface area contributed by atoms with E-state index in [0.717, 1.165) is 0 Å². The standard InChI is InChI=1S/C14H15BrFN3O2/c1-3-19-13(12(17)8(2)18-19)14(20)21-7-9-6-10(15)4-5-11(9)16/h4-6H,3,7,17H2,1-2H3. The highest BCUT2D eigenvalue weighted by molar-refractivity contribution is 9.10. The minimum atomic E-state index is -0.616. The Morgan fingerprint density at radius 1 is 1.52 bits per heavy atom. The summed E-state index contributed by atoms with van der Waals surface area (Å²) in [5, 5.41) is 4.15. The lowest BCUT2D eigenvalue weighted by Crippen LogP contribution is -2.14. The van der Waals surface area contributed by atoms with Crippen molar-refractivity contribution in [1.82, 2.24) is 9.78 Å². The van der Waals surface area contributed by atoms with E-state index in [4.69, 9.17) is 10.5 Å². The van der Waals surface area contributed by atoms with Gasteiger partial charge in [-0.1, -0.05) is 15.9 Å². The topological polar surface area (TPSA) is 70.1 Å². The molecule has 0 atom stereocenters. The zero-order valence-electron chi connectivity index (χ0n) is 11.7. The summed E-state index contributed by atoms with van der Waals surface area (Å²) in [5.41, 5.74) is 7.18. The van der Waals surface area contributed by atoms with Crippen LogP contribution in [0, 0.1) is 12.7 Å². The second kappa shape index (κ2) is 6.26. The number of nitrogens with two attached hydrogens (primary N) is 1. The number of ether oxygens (including phenoxy) is 1. The predicted octanol–water partition coefficient (Wildman–Crippen LogP) is 3.05. The third-order valence-electron chi connectivity index (χ3n) is 3.03. The first-order valence-electron chi connectivity index (χ1n) is 6.38. The molecule has 21 heavy (non-hydrogen) atoms. The van der Waals surface area contributed by atoms with Crippen molar-refractivity contribution in [2.45, 2.75) is 27.0 Å². The number of aryl methyl sites for hydroxylation is 2. The van der Waals surface area contributed by atoms with Crippen LogP contribution in [0.25, 0.3) is 0 Å². The van der Waals surface area contributed by atoms with Crippen molar-refractivity contribution in [3.63, 3.8) is 0 Å². The largest absolute Gasteiger partial charge is 0.456 e. The van der Waals surface area contributed by atoms with Crippen LogP contribution in [0.5, 0.6) is 0 Å². The molecule has 2 aromatic rings. The Kier molecular flexibility index (Phi) is 4.62. The average Bonchev–Trinajstić information content (AvgIpc) is 2.75. The Labute approximate surface area is 130 Å². The number of aromatic nitrogens is 2. The van der Waals surface area contributed by atoms with Crippen LogP contribution in [-0.4, -0.2) is 15.7 Å². The number of carbonyl (C=O) groups excluding carboxylic acids is 1. The van der Waals surface area contributed by atoms with E-state index in [0.29, 0.717) is 16.7 Å². The third-order valence-corrected chi connectivity index (χ3v) is 3.53. The molecule has 0 unspecified atom stereocenters. The summed E-state index contributed by atoms with van der Waals surface area (Å²) in [4.78, 5) is 12.1. The quantitative estimate of drug-likeness (QED) is 0.855. The molecule has 0 amide bonds. The number of nitrogen functional groups attached to an aromatic ring is 1. The summed E-state index contributed by atoms with van der Waals surface area (Å²) in [6.45, 7) is 3.88. The molecule has 0 fully saturated rings. The van der Waals surface area contributed by atoms with Crippen LogP contribution in [-0.2, 0) is 17.9 Å². The Bertz CT molecular complexity index is 685. The summed E-state index contributed by atoms with van der Waals surface area (Å²) in [6.07, 6.45) is 0. The fourth-order valence-electron chi connectivity index (χ4n) is 1.91. The Morgan fingerprint density at radius 2 is 2.24 bits per heavy atom. The molecule has 1 heterocycles. The van der Waals surface area contributed by atoms with Crippen molar-refractivity contribution in [2.24, 2.45) is 0 Å². The number of hydrogen-bond donors (Lipinski definition) is 1. The number of esters is 1. The van der Waals surface area contributed by atoms with Gasteiger partial charge < -0.3 is 10.5 Å². The van der Waals surface area contributed by atoms with Crippen LogP contribution in [0.15, 0.2) is 22.7 Å². The summed E-state index contributed by atoms with van der Waals surface area (Å²) >= 11 is 3.24. The van der Waals surface area contributed by atoms with Gasteiger partial charge in [-0.2, -0.15) is 5.10 Å². The lowest BCUT2D eigenvalue weighted by molar-refractivity contribution is 0.0456. The second-order valence-electron chi connectivity index (χ2n) is 4.48. The molecule has 0 aliphatic heterocycles. The molecule has 0 saturated carbocycles. The van der Waals surface area contributed by atoms with Gasteiger partial charge in [-0.15, -0.1) is 0 Å². The first-order chi connectivity index (χ1) is 9.93. The van der Waals surface area contributed by atoms with Crippen molar-refractivity contribution < 1.29 is 13.9 Å². The maximum absolute atomic E-state index is 13.6. The Balaban J connectivity index is 2.17. The Hall–Kier alpha value is -1.89. The van der Waals surface area contributed by atoms with E-state index in [2.05, 4.69) is 21.0 Å². The van der Waals surface area contributed by atoms with Crippen LogP contribution < -0.4 is 5.73 Å². The predicted molar refractivity (Wildman–Crippen MR) is 80.3 cm³/mol.